The summed E-state index contributed by atoms with van der Waals surface area (Å²) in [6.45, 7) is 4.49. The zero-order chi connectivity index (χ0) is 13.8. The van der Waals surface area contributed by atoms with Crippen molar-refractivity contribution in [3.63, 3.8) is 0 Å². The SMILES string of the molecule is CCc1nn(C)cc1C1C(CNC)CCCCN1C. The van der Waals surface area contributed by atoms with Crippen LogP contribution in [0.25, 0.3) is 0 Å². The molecule has 0 bridgehead atoms. The fraction of sp³-hybridized carbons (Fsp3) is 0.800. The lowest BCUT2D eigenvalue weighted by Crippen LogP contribution is -2.34. The van der Waals surface area contributed by atoms with Gasteiger partial charge in [-0.05, 0) is 52.4 Å². The number of rotatable bonds is 4. The normalized spacial score (nSPS) is 25.5. The number of likely N-dealkylation sites (tertiary alicyclic amines) is 1. The molecule has 0 saturated carbocycles. The zero-order valence-electron chi connectivity index (χ0n) is 12.8. The molecule has 108 valence electrons. The molecule has 1 saturated heterocycles. The van der Waals surface area contributed by atoms with Crippen LogP contribution in [-0.2, 0) is 13.5 Å². The number of aromatic nitrogens is 2. The number of aryl methyl sites for hydroxylation is 2. The highest BCUT2D eigenvalue weighted by Gasteiger charge is 2.31. The van der Waals surface area contributed by atoms with Crippen molar-refractivity contribution in [1.82, 2.24) is 20.0 Å². The van der Waals surface area contributed by atoms with Gasteiger partial charge < -0.3 is 5.32 Å². The van der Waals surface area contributed by atoms with E-state index in [0.717, 1.165) is 13.0 Å². The van der Waals surface area contributed by atoms with Crippen LogP contribution in [0.2, 0.25) is 0 Å². The first kappa shape index (κ1) is 14.5. The van der Waals surface area contributed by atoms with Gasteiger partial charge >= 0.3 is 0 Å². The average Bonchev–Trinajstić information content (AvgIpc) is 2.65. The summed E-state index contributed by atoms with van der Waals surface area (Å²) in [7, 11) is 6.36. The third-order valence-corrected chi connectivity index (χ3v) is 4.31. The van der Waals surface area contributed by atoms with E-state index >= 15 is 0 Å². The Labute approximate surface area is 117 Å². The van der Waals surface area contributed by atoms with Crippen LogP contribution < -0.4 is 5.32 Å². The Kier molecular flexibility index (Phi) is 4.99. The maximum absolute atomic E-state index is 4.63. The van der Waals surface area contributed by atoms with Crippen LogP contribution in [-0.4, -0.2) is 41.9 Å². The van der Waals surface area contributed by atoms with E-state index in [9.17, 15) is 0 Å². The molecule has 4 nitrogen and oxygen atoms in total. The standard InChI is InChI=1S/C15H28N4/c1-5-14-13(11-19(4)17-14)15-12(10-16-2)8-6-7-9-18(15)3/h11-12,15-16H,5-10H2,1-4H3. The lowest BCUT2D eigenvalue weighted by atomic mass is 9.89. The van der Waals surface area contributed by atoms with Crippen LogP contribution in [0.1, 0.15) is 43.5 Å². The minimum atomic E-state index is 0.513. The van der Waals surface area contributed by atoms with Crippen LogP contribution in [0.4, 0.5) is 0 Å². The molecular formula is C15H28N4. The molecule has 1 aliphatic rings. The summed E-state index contributed by atoms with van der Waals surface area (Å²) in [6.07, 6.45) is 7.22. The maximum atomic E-state index is 4.63. The van der Waals surface area contributed by atoms with E-state index in [-0.39, 0.29) is 0 Å². The third-order valence-electron chi connectivity index (χ3n) is 4.31. The Morgan fingerprint density at radius 2 is 2.16 bits per heavy atom. The van der Waals surface area contributed by atoms with Crippen LogP contribution in [0.3, 0.4) is 0 Å². The van der Waals surface area contributed by atoms with Crippen molar-refractivity contribution in [3.8, 4) is 0 Å². The second-order valence-electron chi connectivity index (χ2n) is 5.80. The van der Waals surface area contributed by atoms with Crippen LogP contribution >= 0.6 is 0 Å². The smallest absolute Gasteiger partial charge is 0.0669 e. The van der Waals surface area contributed by atoms with Crippen molar-refractivity contribution >= 4 is 0 Å². The molecule has 0 aliphatic carbocycles. The van der Waals surface area contributed by atoms with Crippen molar-refractivity contribution < 1.29 is 0 Å². The molecule has 1 aliphatic heterocycles. The van der Waals surface area contributed by atoms with E-state index in [0.29, 0.717) is 12.0 Å². The average molecular weight is 264 g/mol. The minimum Gasteiger partial charge on any atom is -0.319 e. The fourth-order valence-electron chi connectivity index (χ4n) is 3.47. The maximum Gasteiger partial charge on any atom is 0.0669 e. The Hall–Kier alpha value is -0.870. The Morgan fingerprint density at radius 1 is 1.37 bits per heavy atom. The molecule has 1 aromatic heterocycles. The van der Waals surface area contributed by atoms with Crippen LogP contribution in [0.5, 0.6) is 0 Å². The summed E-state index contributed by atoms with van der Waals surface area (Å²) in [4.78, 5) is 2.53. The van der Waals surface area contributed by atoms with Gasteiger partial charge in [-0.3, -0.25) is 9.58 Å². The highest BCUT2D eigenvalue weighted by molar-refractivity contribution is 5.23. The van der Waals surface area contributed by atoms with Crippen LogP contribution in [0.15, 0.2) is 6.20 Å². The summed E-state index contributed by atoms with van der Waals surface area (Å²) in [5.41, 5.74) is 2.71. The third kappa shape index (κ3) is 3.18. The van der Waals surface area contributed by atoms with Gasteiger partial charge in [0.2, 0.25) is 0 Å². The van der Waals surface area contributed by atoms with Gasteiger partial charge in [-0.1, -0.05) is 13.3 Å². The molecule has 1 aromatic rings. The number of hydrogen-bond donors (Lipinski definition) is 1. The lowest BCUT2D eigenvalue weighted by Gasteiger charge is -2.32. The van der Waals surface area contributed by atoms with E-state index in [2.05, 4.69) is 42.5 Å². The molecule has 1 N–H and O–H groups in total. The first-order valence-corrected chi connectivity index (χ1v) is 7.54. The molecule has 2 rings (SSSR count). The van der Waals surface area contributed by atoms with Gasteiger partial charge in [-0.2, -0.15) is 5.10 Å². The summed E-state index contributed by atoms with van der Waals surface area (Å²) >= 11 is 0. The monoisotopic (exact) mass is 264 g/mol. The van der Waals surface area contributed by atoms with Crippen molar-refractivity contribution in [3.05, 3.63) is 17.5 Å². The van der Waals surface area contributed by atoms with Crippen molar-refractivity contribution in [1.29, 1.82) is 0 Å². The van der Waals surface area contributed by atoms with Gasteiger partial charge in [0, 0.05) is 24.8 Å². The van der Waals surface area contributed by atoms with E-state index in [1.807, 2.05) is 11.7 Å². The predicted molar refractivity (Wildman–Crippen MR) is 79.2 cm³/mol. The van der Waals surface area contributed by atoms with E-state index in [1.165, 1.54) is 37.1 Å². The molecule has 2 heterocycles. The molecule has 4 heteroatoms. The Morgan fingerprint density at radius 3 is 2.84 bits per heavy atom. The topological polar surface area (TPSA) is 33.1 Å². The van der Waals surface area contributed by atoms with E-state index in [1.54, 1.807) is 0 Å². The van der Waals surface area contributed by atoms with Crippen molar-refractivity contribution in [2.45, 2.75) is 38.6 Å². The highest BCUT2D eigenvalue weighted by Crippen LogP contribution is 2.35. The summed E-state index contributed by atoms with van der Waals surface area (Å²) in [6, 6.07) is 0.513. The van der Waals surface area contributed by atoms with Crippen LogP contribution in [0, 0.1) is 5.92 Å². The van der Waals surface area contributed by atoms with Gasteiger partial charge in [0.05, 0.1) is 5.69 Å². The number of nitrogens with zero attached hydrogens (tertiary/aromatic N) is 3. The molecule has 0 radical (unpaired) electrons. The molecule has 1 fully saturated rings. The molecular weight excluding hydrogens is 236 g/mol. The fourth-order valence-corrected chi connectivity index (χ4v) is 3.47. The molecule has 0 amide bonds. The minimum absolute atomic E-state index is 0.513. The van der Waals surface area contributed by atoms with Gasteiger partial charge in [0.15, 0.2) is 0 Å². The van der Waals surface area contributed by atoms with Crippen molar-refractivity contribution in [2.24, 2.45) is 13.0 Å². The molecule has 2 unspecified atom stereocenters. The quantitative estimate of drug-likeness (QED) is 0.902. The van der Waals surface area contributed by atoms with Gasteiger partial charge in [-0.15, -0.1) is 0 Å². The summed E-state index contributed by atoms with van der Waals surface area (Å²) < 4.78 is 1.98. The predicted octanol–water partition coefficient (Wildman–Crippen LogP) is 1.97. The van der Waals surface area contributed by atoms with Gasteiger partial charge in [0.1, 0.15) is 0 Å². The molecule has 0 spiro atoms. The second-order valence-corrected chi connectivity index (χ2v) is 5.80. The first-order valence-electron chi connectivity index (χ1n) is 7.54. The number of hydrogen-bond acceptors (Lipinski definition) is 3. The molecule has 2 atom stereocenters. The van der Waals surface area contributed by atoms with E-state index < -0.39 is 0 Å². The van der Waals surface area contributed by atoms with Crippen molar-refractivity contribution in [2.75, 3.05) is 27.2 Å². The van der Waals surface area contributed by atoms with Gasteiger partial charge in [0.25, 0.3) is 0 Å². The number of nitrogens with one attached hydrogen (secondary N) is 1. The first-order chi connectivity index (χ1) is 9.17. The zero-order valence-corrected chi connectivity index (χ0v) is 12.8. The largest absolute Gasteiger partial charge is 0.319 e. The summed E-state index contributed by atoms with van der Waals surface area (Å²) in [5, 5.41) is 8.01. The van der Waals surface area contributed by atoms with Gasteiger partial charge in [-0.25, -0.2) is 0 Å². The van der Waals surface area contributed by atoms with E-state index in [4.69, 9.17) is 0 Å². The Balaban J connectivity index is 2.33. The highest BCUT2D eigenvalue weighted by atomic mass is 15.3. The Bertz CT molecular complexity index is 399. The lowest BCUT2D eigenvalue weighted by molar-refractivity contribution is 0.190. The second kappa shape index (κ2) is 6.53. The summed E-state index contributed by atoms with van der Waals surface area (Å²) in [5.74, 6) is 0.687. The molecule has 0 aromatic carbocycles. The molecule has 19 heavy (non-hydrogen) atoms.